The van der Waals surface area contributed by atoms with E-state index < -0.39 is 78.5 Å². The zero-order chi connectivity index (χ0) is 30.2. The fourth-order valence-corrected chi connectivity index (χ4v) is 4.56. The third kappa shape index (κ3) is 6.47. The van der Waals surface area contributed by atoms with E-state index in [2.05, 4.69) is 14.9 Å². The molecule has 3 N–H and O–H groups in total. The van der Waals surface area contributed by atoms with Crippen molar-refractivity contribution in [3.05, 3.63) is 93.0 Å². The number of amides is 3. The molecule has 1 aliphatic heterocycles. The summed E-state index contributed by atoms with van der Waals surface area (Å²) in [5.74, 6) is -5.57. The third-order valence-electron chi connectivity index (χ3n) is 6.37. The molecule has 0 spiro atoms. The van der Waals surface area contributed by atoms with E-state index in [1.54, 1.807) is 13.0 Å². The van der Waals surface area contributed by atoms with Gasteiger partial charge < -0.3 is 24.9 Å². The van der Waals surface area contributed by atoms with Crippen LogP contribution >= 0.6 is 19.4 Å². The lowest BCUT2D eigenvalue weighted by molar-refractivity contribution is -0.122. The number of hydrogen-bond acceptors (Lipinski definition) is 5. The maximum Gasteiger partial charge on any atom is 0.505 e. The Morgan fingerprint density at radius 1 is 1.05 bits per heavy atom. The molecule has 0 fully saturated rings. The van der Waals surface area contributed by atoms with E-state index in [1.165, 1.54) is 24.1 Å². The van der Waals surface area contributed by atoms with E-state index in [0.717, 1.165) is 17.0 Å². The predicted molar refractivity (Wildman–Crippen MR) is 137 cm³/mol. The van der Waals surface area contributed by atoms with Crippen molar-refractivity contribution >= 4 is 37.0 Å². The number of carbonyl (C=O) groups is 2. The van der Waals surface area contributed by atoms with Crippen LogP contribution in [0.3, 0.4) is 0 Å². The molecule has 16 heteroatoms. The van der Waals surface area contributed by atoms with Crippen molar-refractivity contribution in [2.75, 3.05) is 11.9 Å². The summed E-state index contributed by atoms with van der Waals surface area (Å²) >= 11 is 6.22. The van der Waals surface area contributed by atoms with Gasteiger partial charge in [0.1, 0.15) is 23.3 Å². The predicted octanol–water partition coefficient (Wildman–Crippen LogP) is 5.36. The number of phosphoric acid groups is 1. The molecule has 0 bridgehead atoms. The Morgan fingerprint density at radius 3 is 2.34 bits per heavy atom. The lowest BCUT2D eigenvalue weighted by atomic mass is 9.98. The summed E-state index contributed by atoms with van der Waals surface area (Å²) in [7, 11) is -3.57. The minimum atomic E-state index is -5.07. The molecule has 4 rings (SSSR count). The number of fused-ring (bicyclic) bond motifs is 1. The van der Waals surface area contributed by atoms with E-state index in [1.807, 2.05) is 0 Å². The first-order valence-electron chi connectivity index (χ1n) is 11.7. The number of rotatable bonds is 8. The second kappa shape index (κ2) is 11.7. The molecule has 0 aliphatic carbocycles. The SMILES string of the molecule is CC1c2ccc(C(=O)NCc3c(F)cc(F)cc3F)cc2N(Cc2c(F)ccc(OOP(=O)(O)O)c2Cl)C(=O)N1C. The second-order valence-electron chi connectivity index (χ2n) is 8.95. The van der Waals surface area contributed by atoms with Crippen molar-refractivity contribution < 1.29 is 51.1 Å². The maximum atomic E-state index is 14.9. The van der Waals surface area contributed by atoms with Crippen LogP contribution in [0.5, 0.6) is 5.75 Å². The van der Waals surface area contributed by atoms with Gasteiger partial charge in [-0.15, -0.1) is 0 Å². The molecule has 0 saturated heterocycles. The molecular weight excluding hydrogens is 597 g/mol. The van der Waals surface area contributed by atoms with E-state index >= 15 is 0 Å². The van der Waals surface area contributed by atoms with Gasteiger partial charge in [-0.3, -0.25) is 9.69 Å². The van der Waals surface area contributed by atoms with E-state index in [-0.39, 0.29) is 16.8 Å². The fourth-order valence-electron chi connectivity index (χ4n) is 4.14. The van der Waals surface area contributed by atoms with Gasteiger partial charge in [0.15, 0.2) is 5.75 Å². The molecule has 1 heterocycles. The molecule has 3 aromatic rings. The van der Waals surface area contributed by atoms with Gasteiger partial charge >= 0.3 is 13.9 Å². The number of urea groups is 1. The van der Waals surface area contributed by atoms with Crippen LogP contribution < -0.4 is 15.1 Å². The summed E-state index contributed by atoms with van der Waals surface area (Å²) < 4.78 is 71.0. The summed E-state index contributed by atoms with van der Waals surface area (Å²) in [4.78, 5) is 50.9. The standard InChI is InChI=1S/C25H21ClF4N3O7P/c1-12-15-4-3-13(24(34)31-10-16-19(29)8-14(27)9-20(16)30)7-21(15)33(25(35)32(12)2)11-17-18(28)5-6-22(23(17)26)39-40-41(36,37)38/h3-9,12H,10-11H2,1-2H3,(H,31,34)(H2,36,37,38). The van der Waals surface area contributed by atoms with Crippen LogP contribution in [0.4, 0.5) is 28.0 Å². The Hall–Kier alpha value is -3.68. The smallest absolute Gasteiger partial charge is 0.348 e. The second-order valence-corrected chi connectivity index (χ2v) is 10.5. The summed E-state index contributed by atoms with van der Waals surface area (Å²) in [6.45, 7) is 0.618. The molecule has 1 atom stereocenters. The minimum Gasteiger partial charge on any atom is -0.348 e. The summed E-state index contributed by atoms with van der Waals surface area (Å²) in [5, 5.41) is 1.90. The summed E-state index contributed by atoms with van der Waals surface area (Å²) in [6.07, 6.45) is 0. The van der Waals surface area contributed by atoms with Crippen LogP contribution in [0.25, 0.3) is 0 Å². The zero-order valence-electron chi connectivity index (χ0n) is 21.2. The summed E-state index contributed by atoms with van der Waals surface area (Å²) in [6, 6.07) is 6.03. The number of hydrogen-bond donors (Lipinski definition) is 3. The van der Waals surface area contributed by atoms with Crippen LogP contribution in [0, 0.1) is 23.3 Å². The third-order valence-corrected chi connectivity index (χ3v) is 7.05. The maximum absolute atomic E-state index is 14.9. The van der Waals surface area contributed by atoms with Gasteiger partial charge in [0, 0.05) is 42.4 Å². The van der Waals surface area contributed by atoms with Crippen molar-refractivity contribution in [1.29, 1.82) is 0 Å². The van der Waals surface area contributed by atoms with Crippen molar-refractivity contribution in [3.63, 3.8) is 0 Å². The molecule has 1 unspecified atom stereocenters. The molecule has 218 valence electrons. The fraction of sp³-hybridized carbons (Fsp3) is 0.200. The topological polar surface area (TPSA) is 129 Å². The Labute approximate surface area is 235 Å². The summed E-state index contributed by atoms with van der Waals surface area (Å²) in [5.41, 5.74) is -0.105. The number of anilines is 1. The highest BCUT2D eigenvalue weighted by molar-refractivity contribution is 7.46. The highest BCUT2D eigenvalue weighted by Gasteiger charge is 2.35. The van der Waals surface area contributed by atoms with Gasteiger partial charge in [-0.2, -0.15) is 0 Å². The Morgan fingerprint density at radius 2 is 1.71 bits per heavy atom. The molecule has 41 heavy (non-hydrogen) atoms. The highest BCUT2D eigenvalue weighted by Crippen LogP contribution is 2.41. The Balaban J connectivity index is 1.66. The molecule has 0 radical (unpaired) electrons. The average molecular weight is 618 g/mol. The normalized spacial score (nSPS) is 15.1. The highest BCUT2D eigenvalue weighted by atomic mass is 35.5. The average Bonchev–Trinajstić information content (AvgIpc) is 2.89. The van der Waals surface area contributed by atoms with E-state index in [0.29, 0.717) is 17.7 Å². The van der Waals surface area contributed by atoms with Crippen LogP contribution in [-0.4, -0.2) is 33.7 Å². The van der Waals surface area contributed by atoms with Gasteiger partial charge in [0.25, 0.3) is 5.91 Å². The van der Waals surface area contributed by atoms with E-state index in [4.69, 9.17) is 21.4 Å². The number of benzene rings is 3. The van der Waals surface area contributed by atoms with Crippen molar-refractivity contribution in [3.8, 4) is 5.75 Å². The van der Waals surface area contributed by atoms with Crippen LogP contribution in [0.1, 0.15) is 40.0 Å². The van der Waals surface area contributed by atoms with Gasteiger partial charge in [-0.25, -0.2) is 26.9 Å². The minimum absolute atomic E-state index is 0.0140. The van der Waals surface area contributed by atoms with E-state index in [9.17, 15) is 31.7 Å². The quantitative estimate of drug-likeness (QED) is 0.134. The lowest BCUT2D eigenvalue weighted by Crippen LogP contribution is -2.46. The first kappa shape index (κ1) is 30.3. The van der Waals surface area contributed by atoms with Gasteiger partial charge in [0.2, 0.25) is 0 Å². The largest absolute Gasteiger partial charge is 0.505 e. The van der Waals surface area contributed by atoms with Gasteiger partial charge in [0.05, 0.1) is 23.3 Å². The number of halogens is 5. The molecule has 0 aromatic heterocycles. The lowest BCUT2D eigenvalue weighted by Gasteiger charge is -2.40. The number of carbonyl (C=O) groups excluding carboxylic acids is 2. The van der Waals surface area contributed by atoms with Crippen LogP contribution in [-0.2, 0) is 22.3 Å². The van der Waals surface area contributed by atoms with Crippen LogP contribution in [0.15, 0.2) is 42.5 Å². The number of nitrogens with one attached hydrogen (secondary N) is 1. The molecule has 10 nitrogen and oxygen atoms in total. The first-order chi connectivity index (χ1) is 19.2. The van der Waals surface area contributed by atoms with Crippen molar-refractivity contribution in [2.24, 2.45) is 0 Å². The molecule has 1 aliphatic rings. The molecule has 0 saturated carbocycles. The Bertz CT molecular complexity index is 1570. The van der Waals surface area contributed by atoms with Crippen molar-refractivity contribution in [2.45, 2.75) is 26.1 Å². The van der Waals surface area contributed by atoms with Crippen molar-refractivity contribution in [1.82, 2.24) is 10.2 Å². The zero-order valence-corrected chi connectivity index (χ0v) is 22.9. The number of nitrogens with zero attached hydrogens (tertiary/aromatic N) is 2. The van der Waals surface area contributed by atoms with Gasteiger partial charge in [-0.05, 0) is 36.8 Å². The van der Waals surface area contributed by atoms with Gasteiger partial charge in [-0.1, -0.05) is 22.3 Å². The molecule has 3 amide bonds. The monoisotopic (exact) mass is 617 g/mol. The molecule has 3 aromatic carbocycles. The molecular formula is C25H21ClF4N3O7P. The van der Waals surface area contributed by atoms with Crippen LogP contribution in [0.2, 0.25) is 5.02 Å². The Kier molecular flexibility index (Phi) is 8.62. The first-order valence-corrected chi connectivity index (χ1v) is 13.6.